The fourth-order valence-corrected chi connectivity index (χ4v) is 8.35. The van der Waals surface area contributed by atoms with Crippen LogP contribution in [0.1, 0.15) is 11.1 Å². The smallest absolute Gasteiger partial charge is 0.249 e. The van der Waals surface area contributed by atoms with Crippen LogP contribution in [0.3, 0.4) is 0 Å². The molecule has 0 fully saturated rings. The molecule has 0 saturated carbocycles. The van der Waals surface area contributed by atoms with E-state index in [4.69, 9.17) is 4.43 Å². The van der Waals surface area contributed by atoms with Crippen LogP contribution in [0.15, 0.2) is 30.3 Å². The molecule has 0 spiro atoms. The Bertz CT molecular complexity index is 897. The summed E-state index contributed by atoms with van der Waals surface area (Å²) >= 11 is 0. The maximum absolute atomic E-state index is 12.4. The van der Waals surface area contributed by atoms with E-state index in [2.05, 4.69) is 68.4 Å². The number of carbonyl (C=O) groups excluding carboxylic acids is 1. The van der Waals surface area contributed by atoms with Gasteiger partial charge in [0.2, 0.25) is 5.91 Å². The fraction of sp³-hybridized carbons (Fsp3) is 0.350. The molecule has 1 heterocycles. The van der Waals surface area contributed by atoms with E-state index < -0.39 is 16.4 Å². The number of rotatable bonds is 4. The molecule has 2 aromatic rings. The van der Waals surface area contributed by atoms with Crippen molar-refractivity contribution >= 4 is 38.4 Å². The third-order valence-electron chi connectivity index (χ3n) is 5.21. The molecular weight excluding hydrogens is 342 g/mol. The van der Waals surface area contributed by atoms with Crippen LogP contribution >= 0.6 is 0 Å². The zero-order chi connectivity index (χ0) is 18.0. The third kappa shape index (κ3) is 2.80. The lowest BCUT2D eigenvalue weighted by Gasteiger charge is -2.17. The average Bonchev–Trinajstić information content (AvgIpc) is 2.93. The van der Waals surface area contributed by atoms with Gasteiger partial charge in [-0.05, 0) is 64.8 Å². The van der Waals surface area contributed by atoms with Gasteiger partial charge < -0.3 is 9.74 Å². The van der Waals surface area contributed by atoms with Crippen LogP contribution in [-0.4, -0.2) is 28.9 Å². The Morgan fingerprint density at radius 2 is 1.88 bits per heavy atom. The molecule has 1 aliphatic heterocycles. The lowest BCUT2D eigenvalue weighted by atomic mass is 10.1. The molecule has 1 N–H and O–H groups in total. The van der Waals surface area contributed by atoms with Crippen molar-refractivity contribution < 1.29 is 9.22 Å². The van der Waals surface area contributed by atoms with Gasteiger partial charge in [0, 0.05) is 5.69 Å². The molecule has 2 aromatic carbocycles. The maximum atomic E-state index is 12.4. The Hall–Kier alpha value is -1.70. The standard InChI is InChI=1S/C20H25NO2Si2/c1-24(2,3)23-12-18(22)21-17-11-15-14-9-7-6-8-13(14)10-16(15)19-20(17)25(19,4)5/h6-9,11H,10,12H2,1-5H3,(H,21,22). The highest BCUT2D eigenvalue weighted by atomic mass is 28.4. The summed E-state index contributed by atoms with van der Waals surface area (Å²) < 4.78 is 5.76. The van der Waals surface area contributed by atoms with E-state index in [1.165, 1.54) is 27.4 Å². The molecule has 4 rings (SSSR count). The molecule has 0 unspecified atom stereocenters. The number of fused-ring (bicyclic) bond motifs is 5. The van der Waals surface area contributed by atoms with E-state index in [0.29, 0.717) is 0 Å². The molecule has 2 aliphatic rings. The van der Waals surface area contributed by atoms with Crippen molar-refractivity contribution in [3.63, 3.8) is 0 Å². The molecular formula is C20H25NO2Si2. The second-order valence-electron chi connectivity index (χ2n) is 8.61. The summed E-state index contributed by atoms with van der Waals surface area (Å²) in [6, 6.07) is 10.8. The quantitative estimate of drug-likeness (QED) is 0.719. The number of nitrogens with one attached hydrogen (secondary N) is 1. The Morgan fingerprint density at radius 1 is 1.16 bits per heavy atom. The Balaban J connectivity index is 1.67. The van der Waals surface area contributed by atoms with Crippen LogP contribution in [0.4, 0.5) is 5.69 Å². The second kappa shape index (κ2) is 5.40. The van der Waals surface area contributed by atoms with Gasteiger partial charge in [-0.3, -0.25) is 4.79 Å². The van der Waals surface area contributed by atoms with Crippen molar-refractivity contribution in [3.8, 4) is 11.1 Å². The fourth-order valence-electron chi connectivity index (χ4n) is 4.03. The van der Waals surface area contributed by atoms with Gasteiger partial charge in [0.25, 0.3) is 0 Å². The molecule has 0 saturated heterocycles. The monoisotopic (exact) mass is 367 g/mol. The SMILES string of the molecule is C[Si](C)(C)OCC(=O)Nc1cc2c(c3c1[Si]3(C)C)Cc1ccccc1-2. The van der Waals surface area contributed by atoms with E-state index in [0.717, 1.165) is 12.1 Å². The lowest BCUT2D eigenvalue weighted by molar-refractivity contribution is -0.118. The van der Waals surface area contributed by atoms with Crippen LogP contribution in [0, 0.1) is 0 Å². The van der Waals surface area contributed by atoms with Gasteiger partial charge in [-0.1, -0.05) is 37.4 Å². The second-order valence-corrected chi connectivity index (χ2v) is 17.4. The minimum atomic E-state index is -1.68. The summed E-state index contributed by atoms with van der Waals surface area (Å²) in [7, 11) is -3.19. The van der Waals surface area contributed by atoms with E-state index >= 15 is 0 Å². The predicted molar refractivity (Wildman–Crippen MR) is 109 cm³/mol. The van der Waals surface area contributed by atoms with Gasteiger partial charge in [-0.25, -0.2) is 0 Å². The predicted octanol–water partition coefficient (Wildman–Crippen LogP) is 3.18. The molecule has 1 aliphatic carbocycles. The summed E-state index contributed by atoms with van der Waals surface area (Å²) in [6.45, 7) is 11.2. The lowest BCUT2D eigenvalue weighted by Crippen LogP contribution is -2.31. The zero-order valence-corrected chi connectivity index (χ0v) is 17.6. The van der Waals surface area contributed by atoms with Crippen LogP contribution in [0.5, 0.6) is 0 Å². The minimum absolute atomic E-state index is 0.0347. The highest BCUT2D eigenvalue weighted by Crippen LogP contribution is 2.41. The number of amides is 1. The van der Waals surface area contributed by atoms with Gasteiger partial charge in [0.15, 0.2) is 8.32 Å². The van der Waals surface area contributed by atoms with E-state index in [9.17, 15) is 4.79 Å². The number of hydrogen-bond acceptors (Lipinski definition) is 2. The Labute approximate surface area is 151 Å². The van der Waals surface area contributed by atoms with Crippen molar-refractivity contribution in [1.82, 2.24) is 0 Å². The average molecular weight is 368 g/mol. The highest BCUT2D eigenvalue weighted by Gasteiger charge is 2.50. The number of benzene rings is 2. The normalized spacial score (nSPS) is 16.0. The molecule has 0 aromatic heterocycles. The topological polar surface area (TPSA) is 38.3 Å². The summed E-state index contributed by atoms with van der Waals surface area (Å²) in [5.41, 5.74) is 6.57. The van der Waals surface area contributed by atoms with Gasteiger partial charge in [0.1, 0.15) is 14.7 Å². The molecule has 0 bridgehead atoms. The number of carbonyl (C=O) groups is 1. The van der Waals surface area contributed by atoms with Crippen LogP contribution < -0.4 is 15.7 Å². The first-order chi connectivity index (χ1) is 11.7. The minimum Gasteiger partial charge on any atom is -0.408 e. The Morgan fingerprint density at radius 3 is 2.60 bits per heavy atom. The van der Waals surface area contributed by atoms with Crippen LogP contribution in [0.2, 0.25) is 32.7 Å². The number of hydrogen-bond donors (Lipinski definition) is 1. The molecule has 130 valence electrons. The highest BCUT2D eigenvalue weighted by molar-refractivity contribution is 7.17. The first-order valence-corrected chi connectivity index (χ1v) is 15.3. The van der Waals surface area contributed by atoms with Crippen LogP contribution in [0.25, 0.3) is 11.1 Å². The summed E-state index contributed by atoms with van der Waals surface area (Å²) in [4.78, 5) is 12.4. The molecule has 5 heteroatoms. The third-order valence-corrected chi connectivity index (χ3v) is 9.54. The van der Waals surface area contributed by atoms with Gasteiger partial charge in [-0.15, -0.1) is 0 Å². The van der Waals surface area contributed by atoms with Crippen LogP contribution in [-0.2, 0) is 15.6 Å². The summed E-state index contributed by atoms with van der Waals surface area (Å²) in [5, 5.41) is 6.13. The first kappa shape index (κ1) is 16.8. The van der Waals surface area contributed by atoms with E-state index in [1.807, 2.05) is 0 Å². The van der Waals surface area contributed by atoms with Crippen molar-refractivity contribution in [2.75, 3.05) is 11.9 Å². The summed E-state index contributed by atoms with van der Waals surface area (Å²) in [6.07, 6.45) is 1.04. The van der Waals surface area contributed by atoms with E-state index in [-0.39, 0.29) is 12.5 Å². The van der Waals surface area contributed by atoms with Crippen molar-refractivity contribution in [2.24, 2.45) is 0 Å². The van der Waals surface area contributed by atoms with E-state index in [1.54, 1.807) is 5.19 Å². The Kier molecular flexibility index (Phi) is 3.62. The molecule has 25 heavy (non-hydrogen) atoms. The largest absolute Gasteiger partial charge is 0.408 e. The zero-order valence-electron chi connectivity index (χ0n) is 15.6. The molecule has 1 amide bonds. The molecule has 0 atom stereocenters. The maximum Gasteiger partial charge on any atom is 0.249 e. The van der Waals surface area contributed by atoms with Crippen molar-refractivity contribution in [1.29, 1.82) is 0 Å². The van der Waals surface area contributed by atoms with Crippen molar-refractivity contribution in [3.05, 3.63) is 41.5 Å². The molecule has 3 nitrogen and oxygen atoms in total. The van der Waals surface area contributed by atoms with Crippen molar-refractivity contribution in [2.45, 2.75) is 39.2 Å². The number of anilines is 1. The summed E-state index contributed by atoms with van der Waals surface area (Å²) in [5.74, 6) is -0.0347. The van der Waals surface area contributed by atoms with Gasteiger partial charge in [0.05, 0.1) is 0 Å². The molecule has 0 radical (unpaired) electrons. The first-order valence-electron chi connectivity index (χ1n) is 8.91. The van der Waals surface area contributed by atoms with Gasteiger partial charge >= 0.3 is 0 Å². The van der Waals surface area contributed by atoms with Gasteiger partial charge in [-0.2, -0.15) is 0 Å².